The van der Waals surface area contributed by atoms with Crippen LogP contribution in [-0.2, 0) is 22.6 Å². The number of carbonyl (C=O) groups excluding carboxylic acids is 2. The molecule has 0 aromatic heterocycles. The molecular weight excluding hydrogens is 526 g/mol. The fourth-order valence-electron chi connectivity index (χ4n) is 4.82. The number of nitrogens with zero attached hydrogens (tertiary/aromatic N) is 1. The van der Waals surface area contributed by atoms with Crippen molar-refractivity contribution in [3.8, 4) is 11.5 Å². The van der Waals surface area contributed by atoms with Gasteiger partial charge in [-0.3, -0.25) is 9.59 Å². The molecule has 202 valence electrons. The third-order valence-electron chi connectivity index (χ3n) is 6.88. The first kappa shape index (κ1) is 27.0. The second kappa shape index (κ2) is 12.1. The highest BCUT2D eigenvalue weighted by Crippen LogP contribution is 2.42. The summed E-state index contributed by atoms with van der Waals surface area (Å²) in [5, 5.41) is 11.8. The molecule has 7 heteroatoms. The summed E-state index contributed by atoms with van der Waals surface area (Å²) in [5.41, 5.74) is 3.06. The molecule has 0 aliphatic carbocycles. The molecule has 1 aliphatic heterocycles. The summed E-state index contributed by atoms with van der Waals surface area (Å²) in [7, 11) is 1.54. The zero-order valence-corrected chi connectivity index (χ0v) is 22.7. The molecule has 1 fully saturated rings. The van der Waals surface area contributed by atoms with Gasteiger partial charge in [-0.05, 0) is 59.5 Å². The van der Waals surface area contributed by atoms with Gasteiger partial charge < -0.3 is 19.5 Å². The van der Waals surface area contributed by atoms with Crippen LogP contribution in [0.1, 0.15) is 28.3 Å². The first-order valence-electron chi connectivity index (χ1n) is 12.9. The minimum absolute atomic E-state index is 0.0143. The van der Waals surface area contributed by atoms with Crippen LogP contribution in [0.25, 0.3) is 5.76 Å². The number of aliphatic hydroxyl groups excluding tert-OH is 1. The molecule has 0 saturated carbocycles. The maximum absolute atomic E-state index is 13.4. The summed E-state index contributed by atoms with van der Waals surface area (Å²) in [4.78, 5) is 28.2. The lowest BCUT2D eigenvalue weighted by Crippen LogP contribution is -2.31. The van der Waals surface area contributed by atoms with Crippen molar-refractivity contribution in [3.05, 3.63) is 136 Å². The first-order chi connectivity index (χ1) is 19.5. The van der Waals surface area contributed by atoms with Gasteiger partial charge in [0.15, 0.2) is 11.5 Å². The molecular formula is C33H28ClNO5. The van der Waals surface area contributed by atoms with Crippen molar-refractivity contribution in [2.75, 3.05) is 13.7 Å². The van der Waals surface area contributed by atoms with Gasteiger partial charge in [0, 0.05) is 17.1 Å². The Kier molecular flexibility index (Phi) is 8.18. The Morgan fingerprint density at radius 2 is 1.50 bits per heavy atom. The Hall–Kier alpha value is -4.55. The molecule has 1 unspecified atom stereocenters. The van der Waals surface area contributed by atoms with Crippen LogP contribution in [0.4, 0.5) is 0 Å². The number of halogens is 1. The third kappa shape index (κ3) is 5.72. The van der Waals surface area contributed by atoms with E-state index >= 15 is 0 Å². The maximum atomic E-state index is 13.4. The molecule has 0 radical (unpaired) electrons. The fraction of sp³-hybridized carbons (Fsp3) is 0.152. The number of methoxy groups -OCH3 is 1. The summed E-state index contributed by atoms with van der Waals surface area (Å²) in [6, 6.07) is 30.5. The van der Waals surface area contributed by atoms with E-state index in [-0.39, 0.29) is 17.9 Å². The number of rotatable bonds is 9. The van der Waals surface area contributed by atoms with Crippen molar-refractivity contribution >= 4 is 29.1 Å². The Morgan fingerprint density at radius 1 is 0.850 bits per heavy atom. The van der Waals surface area contributed by atoms with E-state index in [0.717, 1.165) is 11.1 Å². The maximum Gasteiger partial charge on any atom is 0.295 e. The number of hydrogen-bond donors (Lipinski definition) is 1. The highest BCUT2D eigenvalue weighted by molar-refractivity contribution is 6.46. The molecule has 1 saturated heterocycles. The zero-order chi connectivity index (χ0) is 28.1. The fourth-order valence-corrected chi connectivity index (χ4v) is 4.95. The van der Waals surface area contributed by atoms with E-state index in [2.05, 4.69) is 0 Å². The van der Waals surface area contributed by atoms with Crippen LogP contribution in [0, 0.1) is 0 Å². The molecule has 4 aromatic rings. The highest BCUT2D eigenvalue weighted by atomic mass is 35.5. The van der Waals surface area contributed by atoms with Gasteiger partial charge in [0.2, 0.25) is 0 Å². The van der Waals surface area contributed by atoms with Gasteiger partial charge in [-0.2, -0.15) is 0 Å². The van der Waals surface area contributed by atoms with Crippen LogP contribution in [0.15, 0.2) is 109 Å². The Bertz CT molecular complexity index is 1530. The quantitative estimate of drug-likeness (QED) is 0.144. The molecule has 4 aromatic carbocycles. The Balaban J connectivity index is 1.53. The van der Waals surface area contributed by atoms with Crippen LogP contribution in [0.2, 0.25) is 5.02 Å². The number of Topliss-reactive ketones (excluding diaryl/α,β-unsaturated/α-hetero) is 1. The first-order valence-corrected chi connectivity index (χ1v) is 13.3. The molecule has 1 heterocycles. The predicted octanol–water partition coefficient (Wildman–Crippen LogP) is 6.59. The number of ether oxygens (including phenoxy) is 2. The Morgan fingerprint density at radius 3 is 2.15 bits per heavy atom. The molecule has 6 nitrogen and oxygen atoms in total. The standard InChI is InChI=1S/C33H28ClNO5/c1-39-28-20-25(14-17-27(28)40-21-23-10-6-3-7-11-23)30-29(31(36)24-12-15-26(34)16-13-24)32(37)33(38)35(30)19-18-22-8-4-2-5-9-22/h2-17,20,30,36H,18-19,21H2,1H3. The number of carbonyl (C=O) groups is 2. The molecule has 5 rings (SSSR count). The second-order valence-electron chi connectivity index (χ2n) is 9.42. The average Bonchev–Trinajstić information content (AvgIpc) is 3.25. The summed E-state index contributed by atoms with van der Waals surface area (Å²) in [5.74, 6) is -0.693. The summed E-state index contributed by atoms with van der Waals surface area (Å²) < 4.78 is 11.7. The van der Waals surface area contributed by atoms with Crippen LogP contribution in [0.3, 0.4) is 0 Å². The van der Waals surface area contributed by atoms with Gasteiger partial charge in [0.25, 0.3) is 11.7 Å². The molecule has 1 atom stereocenters. The molecule has 1 N–H and O–H groups in total. The molecule has 1 aliphatic rings. The van der Waals surface area contributed by atoms with E-state index in [1.807, 2.05) is 60.7 Å². The monoisotopic (exact) mass is 553 g/mol. The third-order valence-corrected chi connectivity index (χ3v) is 7.13. The lowest BCUT2D eigenvalue weighted by molar-refractivity contribution is -0.139. The number of ketones is 1. The van der Waals surface area contributed by atoms with Crippen molar-refractivity contribution in [1.29, 1.82) is 0 Å². The van der Waals surface area contributed by atoms with Crippen molar-refractivity contribution in [2.24, 2.45) is 0 Å². The van der Waals surface area contributed by atoms with Gasteiger partial charge in [0.05, 0.1) is 18.7 Å². The topological polar surface area (TPSA) is 76.1 Å². The van der Waals surface area contributed by atoms with Crippen molar-refractivity contribution in [3.63, 3.8) is 0 Å². The van der Waals surface area contributed by atoms with E-state index in [0.29, 0.717) is 40.7 Å². The van der Waals surface area contributed by atoms with E-state index in [4.69, 9.17) is 21.1 Å². The number of amides is 1. The van der Waals surface area contributed by atoms with E-state index in [9.17, 15) is 14.7 Å². The van der Waals surface area contributed by atoms with E-state index < -0.39 is 17.7 Å². The van der Waals surface area contributed by atoms with Gasteiger partial charge in [-0.15, -0.1) is 0 Å². The smallest absolute Gasteiger partial charge is 0.295 e. The predicted molar refractivity (Wildman–Crippen MR) is 154 cm³/mol. The minimum atomic E-state index is -0.823. The lowest BCUT2D eigenvalue weighted by Gasteiger charge is -2.26. The Labute approximate surface area is 238 Å². The SMILES string of the molecule is COc1cc(C2C(=C(O)c3ccc(Cl)cc3)C(=O)C(=O)N2CCc2ccccc2)ccc1OCc1ccccc1. The summed E-state index contributed by atoms with van der Waals surface area (Å²) in [6.07, 6.45) is 0.542. The van der Waals surface area contributed by atoms with Gasteiger partial charge in [-0.1, -0.05) is 78.3 Å². The number of likely N-dealkylation sites (tertiary alicyclic amines) is 1. The number of hydrogen-bond acceptors (Lipinski definition) is 5. The largest absolute Gasteiger partial charge is 0.507 e. The average molecular weight is 554 g/mol. The molecule has 40 heavy (non-hydrogen) atoms. The van der Waals surface area contributed by atoms with Crippen LogP contribution >= 0.6 is 11.6 Å². The molecule has 0 bridgehead atoms. The van der Waals surface area contributed by atoms with E-state index in [1.54, 1.807) is 42.5 Å². The normalized spacial score (nSPS) is 16.2. The van der Waals surface area contributed by atoms with Crippen molar-refractivity contribution < 1.29 is 24.2 Å². The summed E-state index contributed by atoms with van der Waals surface area (Å²) in [6.45, 7) is 0.633. The lowest BCUT2D eigenvalue weighted by atomic mass is 9.95. The zero-order valence-electron chi connectivity index (χ0n) is 21.9. The van der Waals surface area contributed by atoms with Crippen LogP contribution in [0.5, 0.6) is 11.5 Å². The molecule has 1 amide bonds. The summed E-state index contributed by atoms with van der Waals surface area (Å²) >= 11 is 6.04. The molecule has 0 spiro atoms. The highest BCUT2D eigenvalue weighted by Gasteiger charge is 2.46. The van der Waals surface area contributed by atoms with E-state index in [1.165, 1.54) is 12.0 Å². The van der Waals surface area contributed by atoms with Crippen molar-refractivity contribution in [2.45, 2.75) is 19.1 Å². The van der Waals surface area contributed by atoms with Gasteiger partial charge >= 0.3 is 0 Å². The second-order valence-corrected chi connectivity index (χ2v) is 9.86. The number of aliphatic hydroxyl groups is 1. The van der Waals surface area contributed by atoms with Crippen molar-refractivity contribution in [1.82, 2.24) is 4.90 Å². The number of benzene rings is 4. The van der Waals surface area contributed by atoms with Gasteiger partial charge in [-0.25, -0.2) is 0 Å². The van der Waals surface area contributed by atoms with Crippen LogP contribution in [-0.4, -0.2) is 35.4 Å². The van der Waals surface area contributed by atoms with Gasteiger partial charge in [0.1, 0.15) is 12.4 Å². The van der Waals surface area contributed by atoms with Crippen LogP contribution < -0.4 is 9.47 Å². The minimum Gasteiger partial charge on any atom is -0.507 e.